The second-order valence-corrected chi connectivity index (χ2v) is 5.35. The molecule has 0 aliphatic carbocycles. The van der Waals surface area contributed by atoms with Gasteiger partial charge >= 0.3 is 0 Å². The zero-order chi connectivity index (χ0) is 16.2. The Morgan fingerprint density at radius 3 is 3.00 bits per heavy atom. The molecule has 1 aromatic heterocycles. The van der Waals surface area contributed by atoms with Crippen molar-refractivity contribution in [3.8, 4) is 0 Å². The highest BCUT2D eigenvalue weighted by Crippen LogP contribution is 2.24. The van der Waals surface area contributed by atoms with Gasteiger partial charge in [0.2, 0.25) is 11.8 Å². The molecule has 1 aliphatic heterocycles. The quantitative estimate of drug-likeness (QED) is 0.919. The van der Waals surface area contributed by atoms with E-state index in [-0.39, 0.29) is 18.2 Å². The van der Waals surface area contributed by atoms with Gasteiger partial charge in [0.15, 0.2) is 0 Å². The number of aromatic nitrogens is 2. The SMILES string of the molecule is O=C1NCCN(C(=O)CCn2cccn2)C1c1cccc(F)c1. The van der Waals surface area contributed by atoms with Crippen LogP contribution in [0.15, 0.2) is 42.7 Å². The molecular formula is C16H17FN4O2. The predicted molar refractivity (Wildman–Crippen MR) is 80.7 cm³/mol. The number of carbonyl (C=O) groups is 2. The molecule has 1 fully saturated rings. The van der Waals surface area contributed by atoms with Crippen molar-refractivity contribution >= 4 is 11.8 Å². The Labute approximate surface area is 132 Å². The summed E-state index contributed by atoms with van der Waals surface area (Å²) in [6.07, 6.45) is 3.66. The molecule has 0 saturated carbocycles. The Morgan fingerprint density at radius 1 is 1.39 bits per heavy atom. The molecule has 0 radical (unpaired) electrons. The molecule has 23 heavy (non-hydrogen) atoms. The lowest BCUT2D eigenvalue weighted by molar-refractivity contribution is -0.143. The lowest BCUT2D eigenvalue weighted by Crippen LogP contribution is -2.52. The molecule has 1 N–H and O–H groups in total. The molecule has 1 aromatic carbocycles. The van der Waals surface area contributed by atoms with E-state index in [9.17, 15) is 14.0 Å². The summed E-state index contributed by atoms with van der Waals surface area (Å²) < 4.78 is 15.1. The number of nitrogens with zero attached hydrogens (tertiary/aromatic N) is 3. The van der Waals surface area contributed by atoms with Crippen LogP contribution < -0.4 is 5.32 Å². The topological polar surface area (TPSA) is 67.2 Å². The zero-order valence-electron chi connectivity index (χ0n) is 12.5. The fourth-order valence-corrected chi connectivity index (χ4v) is 2.73. The van der Waals surface area contributed by atoms with Crippen molar-refractivity contribution in [2.75, 3.05) is 13.1 Å². The third-order valence-corrected chi connectivity index (χ3v) is 3.81. The summed E-state index contributed by atoms with van der Waals surface area (Å²) in [5.74, 6) is -0.858. The third kappa shape index (κ3) is 3.39. The van der Waals surface area contributed by atoms with E-state index in [1.165, 1.54) is 17.0 Å². The van der Waals surface area contributed by atoms with Crippen LogP contribution >= 0.6 is 0 Å². The molecule has 120 valence electrons. The number of piperazine rings is 1. The molecule has 2 aromatic rings. The Kier molecular flexibility index (Phi) is 4.36. The van der Waals surface area contributed by atoms with Crippen LogP contribution in [0.2, 0.25) is 0 Å². The van der Waals surface area contributed by atoms with Crippen LogP contribution in [-0.4, -0.2) is 39.6 Å². The van der Waals surface area contributed by atoms with E-state index in [2.05, 4.69) is 10.4 Å². The number of amides is 2. The molecular weight excluding hydrogens is 299 g/mol. The molecule has 3 rings (SSSR count). The van der Waals surface area contributed by atoms with Crippen molar-refractivity contribution in [1.82, 2.24) is 20.0 Å². The summed E-state index contributed by atoms with van der Waals surface area (Å²) in [4.78, 5) is 26.2. The summed E-state index contributed by atoms with van der Waals surface area (Å²) in [6, 6.07) is 6.81. The number of benzene rings is 1. The predicted octanol–water partition coefficient (Wildman–Crippen LogP) is 1.11. The van der Waals surface area contributed by atoms with Gasteiger partial charge in [0, 0.05) is 38.4 Å². The van der Waals surface area contributed by atoms with Crippen molar-refractivity contribution in [3.05, 3.63) is 54.1 Å². The number of hydrogen-bond acceptors (Lipinski definition) is 3. The average molecular weight is 316 g/mol. The van der Waals surface area contributed by atoms with E-state index in [0.29, 0.717) is 25.2 Å². The van der Waals surface area contributed by atoms with Crippen LogP contribution in [-0.2, 0) is 16.1 Å². The van der Waals surface area contributed by atoms with Crippen molar-refractivity contribution in [3.63, 3.8) is 0 Å². The zero-order valence-corrected chi connectivity index (χ0v) is 12.5. The average Bonchev–Trinajstić information content (AvgIpc) is 3.05. The first-order valence-corrected chi connectivity index (χ1v) is 7.45. The van der Waals surface area contributed by atoms with E-state index in [4.69, 9.17) is 0 Å². The minimum absolute atomic E-state index is 0.149. The van der Waals surface area contributed by atoms with Gasteiger partial charge in [-0.1, -0.05) is 12.1 Å². The largest absolute Gasteiger partial charge is 0.352 e. The number of aryl methyl sites for hydroxylation is 1. The third-order valence-electron chi connectivity index (χ3n) is 3.81. The highest BCUT2D eigenvalue weighted by atomic mass is 19.1. The molecule has 2 heterocycles. The molecule has 6 nitrogen and oxygen atoms in total. The Morgan fingerprint density at radius 2 is 2.26 bits per heavy atom. The fourth-order valence-electron chi connectivity index (χ4n) is 2.73. The number of nitrogens with one attached hydrogen (secondary N) is 1. The highest BCUT2D eigenvalue weighted by Gasteiger charge is 2.34. The van der Waals surface area contributed by atoms with E-state index in [1.54, 1.807) is 35.3 Å². The fraction of sp³-hybridized carbons (Fsp3) is 0.312. The summed E-state index contributed by atoms with van der Waals surface area (Å²) in [5.41, 5.74) is 0.481. The Bertz CT molecular complexity index is 702. The first kappa shape index (κ1) is 15.2. The van der Waals surface area contributed by atoms with E-state index in [0.717, 1.165) is 0 Å². The van der Waals surface area contributed by atoms with Crippen molar-refractivity contribution in [2.24, 2.45) is 0 Å². The molecule has 1 aliphatic rings. The normalized spacial score (nSPS) is 17.9. The molecule has 0 spiro atoms. The van der Waals surface area contributed by atoms with E-state index < -0.39 is 11.9 Å². The highest BCUT2D eigenvalue weighted by molar-refractivity contribution is 5.89. The van der Waals surface area contributed by atoms with Gasteiger partial charge in [0.1, 0.15) is 11.9 Å². The maximum atomic E-state index is 13.5. The van der Waals surface area contributed by atoms with Crippen LogP contribution in [0.1, 0.15) is 18.0 Å². The van der Waals surface area contributed by atoms with Gasteiger partial charge in [0.05, 0.1) is 0 Å². The van der Waals surface area contributed by atoms with Crippen LogP contribution in [0.3, 0.4) is 0 Å². The first-order valence-electron chi connectivity index (χ1n) is 7.45. The summed E-state index contributed by atoms with van der Waals surface area (Å²) >= 11 is 0. The number of rotatable bonds is 4. The molecule has 1 atom stereocenters. The van der Waals surface area contributed by atoms with Gasteiger partial charge in [0.25, 0.3) is 0 Å². The van der Waals surface area contributed by atoms with E-state index >= 15 is 0 Å². The van der Waals surface area contributed by atoms with Crippen LogP contribution in [0.5, 0.6) is 0 Å². The molecule has 1 saturated heterocycles. The van der Waals surface area contributed by atoms with Crippen molar-refractivity contribution in [1.29, 1.82) is 0 Å². The maximum Gasteiger partial charge on any atom is 0.247 e. The van der Waals surface area contributed by atoms with Gasteiger partial charge in [-0.2, -0.15) is 5.10 Å². The summed E-state index contributed by atoms with van der Waals surface area (Å²) in [6.45, 7) is 1.25. The number of halogens is 1. The second kappa shape index (κ2) is 6.60. The van der Waals surface area contributed by atoms with E-state index in [1.807, 2.05) is 0 Å². The van der Waals surface area contributed by atoms with Gasteiger partial charge in [-0.15, -0.1) is 0 Å². The molecule has 2 amide bonds. The first-order chi connectivity index (χ1) is 11.1. The molecule has 7 heteroatoms. The van der Waals surface area contributed by atoms with Crippen LogP contribution in [0.4, 0.5) is 4.39 Å². The minimum atomic E-state index is -0.787. The van der Waals surface area contributed by atoms with Gasteiger partial charge in [-0.25, -0.2) is 4.39 Å². The summed E-state index contributed by atoms with van der Waals surface area (Å²) in [7, 11) is 0. The van der Waals surface area contributed by atoms with Crippen molar-refractivity contribution in [2.45, 2.75) is 19.0 Å². The Balaban J connectivity index is 1.77. The summed E-state index contributed by atoms with van der Waals surface area (Å²) in [5, 5.41) is 6.79. The maximum absolute atomic E-state index is 13.5. The van der Waals surface area contributed by atoms with Gasteiger partial charge in [-0.05, 0) is 23.8 Å². The smallest absolute Gasteiger partial charge is 0.247 e. The molecule has 0 bridgehead atoms. The van der Waals surface area contributed by atoms with Crippen molar-refractivity contribution < 1.29 is 14.0 Å². The second-order valence-electron chi connectivity index (χ2n) is 5.35. The standard InChI is InChI=1S/C16H17FN4O2/c17-13-4-1-3-12(11-13)15-16(23)18-7-10-21(15)14(22)5-9-20-8-2-6-19-20/h1-4,6,8,11,15H,5,7,9-10H2,(H,18,23). The lowest BCUT2D eigenvalue weighted by Gasteiger charge is -2.35. The minimum Gasteiger partial charge on any atom is -0.352 e. The monoisotopic (exact) mass is 316 g/mol. The molecule has 1 unspecified atom stereocenters. The van der Waals surface area contributed by atoms with Crippen LogP contribution in [0.25, 0.3) is 0 Å². The van der Waals surface area contributed by atoms with Gasteiger partial charge < -0.3 is 10.2 Å². The number of carbonyl (C=O) groups excluding carboxylic acids is 2. The van der Waals surface area contributed by atoms with Crippen LogP contribution in [0, 0.1) is 5.82 Å². The number of hydrogen-bond donors (Lipinski definition) is 1. The Hall–Kier alpha value is -2.70. The lowest BCUT2D eigenvalue weighted by atomic mass is 10.0. The van der Waals surface area contributed by atoms with Gasteiger partial charge in [-0.3, -0.25) is 14.3 Å².